The molecule has 1 heterocycles. The van der Waals surface area contributed by atoms with E-state index in [1.165, 1.54) is 12.1 Å². The third-order valence-electron chi connectivity index (χ3n) is 4.60. The van der Waals surface area contributed by atoms with E-state index in [-0.39, 0.29) is 42.6 Å². The first-order valence-corrected chi connectivity index (χ1v) is 9.26. The second kappa shape index (κ2) is 11.3. The number of carbonyl (C=O) groups excluding carboxylic acids is 2. The fourth-order valence-corrected chi connectivity index (χ4v) is 3.00. The molecule has 4 atom stereocenters. The fourth-order valence-electron chi connectivity index (χ4n) is 3.00. The van der Waals surface area contributed by atoms with Crippen LogP contribution in [0.1, 0.15) is 32.8 Å². The normalized spacial score (nSPS) is 26.1. The van der Waals surface area contributed by atoms with Gasteiger partial charge in [-0.3, -0.25) is 9.59 Å². The minimum atomic E-state index is -0.873. The highest BCUT2D eigenvalue weighted by Gasteiger charge is 2.35. The predicted octanol–water partition coefficient (Wildman–Crippen LogP) is 2.65. The molecule has 1 fully saturated rings. The molecule has 0 amide bonds. The zero-order valence-corrected chi connectivity index (χ0v) is 17.2. The fraction of sp³-hybridized carbons (Fsp3) is 0.600. The number of hydrogen-bond acceptors (Lipinski definition) is 6. The van der Waals surface area contributed by atoms with Crippen LogP contribution in [0.2, 0.25) is 0 Å². The van der Waals surface area contributed by atoms with E-state index in [0.717, 1.165) is 5.56 Å². The Hall–Kier alpha value is -1.70. The van der Waals surface area contributed by atoms with Gasteiger partial charge in [-0.15, -0.1) is 12.4 Å². The summed E-state index contributed by atoms with van der Waals surface area (Å²) in [6.45, 7) is 5.63. The molecular formula is C20H29ClFNO5. The van der Waals surface area contributed by atoms with Gasteiger partial charge in [-0.1, -0.05) is 26.0 Å². The SMILES string of the molecule is CC(C)C(=O)O[C@@H]1[C@@H](Cc2ccc(F)cc2)CCOC[C@H](N)C(=O)O[C@H]1C.Cl. The Kier molecular flexibility index (Phi) is 9.85. The Morgan fingerprint density at radius 1 is 1.32 bits per heavy atom. The number of benzene rings is 1. The number of carbonyl (C=O) groups is 2. The molecule has 0 spiro atoms. The Morgan fingerprint density at radius 2 is 1.96 bits per heavy atom. The summed E-state index contributed by atoms with van der Waals surface area (Å²) >= 11 is 0. The Morgan fingerprint density at radius 3 is 2.57 bits per heavy atom. The van der Waals surface area contributed by atoms with E-state index in [1.54, 1.807) is 32.9 Å². The lowest BCUT2D eigenvalue weighted by Crippen LogP contribution is -2.46. The average molecular weight is 418 g/mol. The molecule has 8 heteroatoms. The van der Waals surface area contributed by atoms with Gasteiger partial charge in [-0.05, 0) is 37.5 Å². The first kappa shape index (κ1) is 24.3. The van der Waals surface area contributed by atoms with E-state index in [0.29, 0.717) is 19.4 Å². The first-order chi connectivity index (χ1) is 12.8. The van der Waals surface area contributed by atoms with E-state index < -0.39 is 24.2 Å². The first-order valence-electron chi connectivity index (χ1n) is 9.26. The monoisotopic (exact) mass is 417 g/mol. The number of rotatable bonds is 4. The lowest BCUT2D eigenvalue weighted by Gasteiger charge is -2.33. The molecule has 2 rings (SSSR count). The van der Waals surface area contributed by atoms with Crippen molar-refractivity contribution in [3.63, 3.8) is 0 Å². The van der Waals surface area contributed by atoms with Gasteiger partial charge in [-0.2, -0.15) is 0 Å². The maximum absolute atomic E-state index is 13.2. The highest BCUT2D eigenvalue weighted by Crippen LogP contribution is 2.25. The number of nitrogens with two attached hydrogens (primary N) is 1. The van der Waals surface area contributed by atoms with Crippen molar-refractivity contribution in [2.75, 3.05) is 13.2 Å². The summed E-state index contributed by atoms with van der Waals surface area (Å²) in [7, 11) is 0. The third kappa shape index (κ3) is 7.04. The van der Waals surface area contributed by atoms with Crippen LogP contribution in [-0.2, 0) is 30.2 Å². The molecule has 1 aliphatic rings. The summed E-state index contributed by atoms with van der Waals surface area (Å²) in [5.41, 5.74) is 6.66. The minimum absolute atomic E-state index is 0. The van der Waals surface area contributed by atoms with E-state index in [4.69, 9.17) is 19.9 Å². The van der Waals surface area contributed by atoms with Gasteiger partial charge in [0.2, 0.25) is 0 Å². The second-order valence-electron chi connectivity index (χ2n) is 7.26. The summed E-state index contributed by atoms with van der Waals surface area (Å²) < 4.78 is 29.8. The topological polar surface area (TPSA) is 87.9 Å². The van der Waals surface area contributed by atoms with Gasteiger partial charge in [-0.25, -0.2) is 4.39 Å². The van der Waals surface area contributed by atoms with Crippen molar-refractivity contribution in [2.45, 2.75) is 51.9 Å². The predicted molar refractivity (Wildman–Crippen MR) is 105 cm³/mol. The van der Waals surface area contributed by atoms with Gasteiger partial charge in [0.05, 0.1) is 12.5 Å². The molecule has 0 radical (unpaired) electrons. The maximum Gasteiger partial charge on any atom is 0.325 e. The van der Waals surface area contributed by atoms with Crippen LogP contribution in [0.15, 0.2) is 24.3 Å². The Labute approximate surface area is 171 Å². The zero-order chi connectivity index (χ0) is 20.0. The summed E-state index contributed by atoms with van der Waals surface area (Å²) in [6, 6.07) is 5.31. The van der Waals surface area contributed by atoms with Crippen LogP contribution in [0.4, 0.5) is 4.39 Å². The van der Waals surface area contributed by atoms with Crippen molar-refractivity contribution >= 4 is 24.3 Å². The van der Waals surface area contributed by atoms with Gasteiger partial charge >= 0.3 is 11.9 Å². The van der Waals surface area contributed by atoms with Crippen molar-refractivity contribution in [1.29, 1.82) is 0 Å². The smallest absolute Gasteiger partial charge is 0.325 e. The van der Waals surface area contributed by atoms with E-state index >= 15 is 0 Å². The van der Waals surface area contributed by atoms with Crippen molar-refractivity contribution in [3.05, 3.63) is 35.6 Å². The van der Waals surface area contributed by atoms with Crippen molar-refractivity contribution < 1.29 is 28.2 Å². The quantitative estimate of drug-likeness (QED) is 0.758. The van der Waals surface area contributed by atoms with Crippen LogP contribution in [0.5, 0.6) is 0 Å². The highest BCUT2D eigenvalue weighted by molar-refractivity contribution is 5.85. The van der Waals surface area contributed by atoms with E-state index in [1.807, 2.05) is 0 Å². The largest absolute Gasteiger partial charge is 0.458 e. The molecule has 0 bridgehead atoms. The van der Waals surface area contributed by atoms with Crippen LogP contribution >= 0.6 is 12.4 Å². The molecule has 1 aromatic rings. The lowest BCUT2D eigenvalue weighted by atomic mass is 9.88. The molecule has 1 saturated heterocycles. The Balaban J connectivity index is 0.00000392. The number of cyclic esters (lactones) is 1. The van der Waals surface area contributed by atoms with Gasteiger partial charge in [0.15, 0.2) is 0 Å². The van der Waals surface area contributed by atoms with Crippen LogP contribution in [0.25, 0.3) is 0 Å². The molecule has 28 heavy (non-hydrogen) atoms. The Bertz CT molecular complexity index is 640. The number of esters is 2. The maximum atomic E-state index is 13.2. The van der Waals surface area contributed by atoms with Crippen LogP contribution in [0.3, 0.4) is 0 Å². The lowest BCUT2D eigenvalue weighted by molar-refractivity contribution is -0.177. The van der Waals surface area contributed by atoms with Crippen molar-refractivity contribution in [1.82, 2.24) is 0 Å². The van der Waals surface area contributed by atoms with Gasteiger partial charge in [0.25, 0.3) is 0 Å². The van der Waals surface area contributed by atoms with Crippen molar-refractivity contribution in [2.24, 2.45) is 17.6 Å². The average Bonchev–Trinajstić information content (AvgIpc) is 2.62. The van der Waals surface area contributed by atoms with Crippen LogP contribution < -0.4 is 5.73 Å². The van der Waals surface area contributed by atoms with Gasteiger partial charge < -0.3 is 19.9 Å². The number of ether oxygens (including phenoxy) is 3. The van der Waals surface area contributed by atoms with E-state index in [9.17, 15) is 14.0 Å². The molecular weight excluding hydrogens is 389 g/mol. The van der Waals surface area contributed by atoms with E-state index in [2.05, 4.69) is 0 Å². The zero-order valence-electron chi connectivity index (χ0n) is 16.4. The summed E-state index contributed by atoms with van der Waals surface area (Å²) in [4.78, 5) is 24.3. The molecule has 0 saturated carbocycles. The van der Waals surface area contributed by atoms with Gasteiger partial charge in [0.1, 0.15) is 24.1 Å². The molecule has 158 valence electrons. The number of halogens is 2. The minimum Gasteiger partial charge on any atom is -0.458 e. The summed E-state index contributed by atoms with van der Waals surface area (Å²) in [5.74, 6) is -1.74. The third-order valence-corrected chi connectivity index (χ3v) is 4.60. The standard InChI is InChI=1S/C20H28FNO5.ClH/c1-12(2)19(23)27-18-13(3)26-20(24)17(22)11-25-9-8-15(18)10-14-4-6-16(21)7-5-14;/h4-7,12-13,15,17-18H,8-11,22H2,1-3H3;1H/t13-,15+,17-,18-;/m0./s1. The summed E-state index contributed by atoms with van der Waals surface area (Å²) in [6.07, 6.45) is -0.187. The van der Waals surface area contributed by atoms with Crippen molar-refractivity contribution in [3.8, 4) is 0 Å². The summed E-state index contributed by atoms with van der Waals surface area (Å²) in [5, 5.41) is 0. The molecule has 0 aliphatic carbocycles. The molecule has 2 N–H and O–H groups in total. The molecule has 6 nitrogen and oxygen atoms in total. The molecule has 1 aromatic carbocycles. The van der Waals surface area contributed by atoms with Crippen LogP contribution in [0, 0.1) is 17.7 Å². The molecule has 1 aliphatic heterocycles. The number of hydrogen-bond donors (Lipinski definition) is 1. The van der Waals surface area contributed by atoms with Crippen LogP contribution in [-0.4, -0.2) is 43.4 Å². The highest BCUT2D eigenvalue weighted by atomic mass is 35.5. The van der Waals surface area contributed by atoms with Gasteiger partial charge in [0, 0.05) is 12.5 Å². The molecule has 0 aromatic heterocycles. The second-order valence-corrected chi connectivity index (χ2v) is 7.26. The molecule has 0 unspecified atom stereocenters.